The van der Waals surface area contributed by atoms with Crippen LogP contribution >= 0.6 is 0 Å². The quantitative estimate of drug-likeness (QED) is 0.888. The second-order valence-electron chi connectivity index (χ2n) is 5.72. The molecule has 4 nitrogen and oxygen atoms in total. The Hall–Kier alpha value is -2.80. The maximum Gasteiger partial charge on any atom is 0.251 e. The number of nitriles is 1. The van der Waals surface area contributed by atoms with Crippen LogP contribution in [0, 0.1) is 17.2 Å². The molecule has 118 valence electrons. The average molecular weight is 308 g/mol. The Morgan fingerprint density at radius 2 is 1.96 bits per heavy atom. The Labute approximate surface area is 136 Å². The molecule has 0 saturated heterocycles. The standard InChI is InChI=1S/C19H20N2O2/c1-14(2)13-23-18-5-3-4-17(10-18)19(22)21-12-16-8-6-15(11-20)7-9-16/h3-10,14H,12-13H2,1-2H3,(H,21,22). The molecule has 0 atom stereocenters. The van der Waals surface area contributed by atoms with Gasteiger partial charge in [0, 0.05) is 12.1 Å². The molecule has 23 heavy (non-hydrogen) atoms. The molecule has 1 N–H and O–H groups in total. The van der Waals surface area contributed by atoms with Gasteiger partial charge in [-0.05, 0) is 41.8 Å². The highest BCUT2D eigenvalue weighted by Crippen LogP contribution is 2.14. The maximum atomic E-state index is 12.2. The molecule has 0 radical (unpaired) electrons. The first-order valence-corrected chi connectivity index (χ1v) is 7.58. The van der Waals surface area contributed by atoms with Crippen molar-refractivity contribution in [2.24, 2.45) is 5.92 Å². The minimum atomic E-state index is -0.149. The van der Waals surface area contributed by atoms with Crippen molar-refractivity contribution in [2.45, 2.75) is 20.4 Å². The third-order valence-corrected chi connectivity index (χ3v) is 3.22. The van der Waals surface area contributed by atoms with E-state index in [2.05, 4.69) is 25.2 Å². The summed E-state index contributed by atoms with van der Waals surface area (Å²) in [7, 11) is 0. The van der Waals surface area contributed by atoms with Crippen LogP contribution in [0.25, 0.3) is 0 Å². The van der Waals surface area contributed by atoms with Gasteiger partial charge >= 0.3 is 0 Å². The number of amides is 1. The van der Waals surface area contributed by atoms with Crippen molar-refractivity contribution in [3.63, 3.8) is 0 Å². The molecule has 0 aromatic heterocycles. The minimum absolute atomic E-state index is 0.149. The summed E-state index contributed by atoms with van der Waals surface area (Å²) < 4.78 is 5.64. The molecule has 0 aliphatic carbocycles. The monoisotopic (exact) mass is 308 g/mol. The van der Waals surface area contributed by atoms with E-state index in [9.17, 15) is 4.79 Å². The van der Waals surface area contributed by atoms with Crippen molar-refractivity contribution in [1.82, 2.24) is 5.32 Å². The predicted octanol–water partition coefficient (Wildman–Crippen LogP) is 3.52. The summed E-state index contributed by atoms with van der Waals surface area (Å²) in [6.07, 6.45) is 0. The largest absolute Gasteiger partial charge is 0.493 e. The summed E-state index contributed by atoms with van der Waals surface area (Å²) in [5.41, 5.74) is 2.12. The van der Waals surface area contributed by atoms with Crippen LogP contribution in [0.3, 0.4) is 0 Å². The number of carbonyl (C=O) groups excluding carboxylic acids is 1. The smallest absolute Gasteiger partial charge is 0.251 e. The molecule has 1 amide bonds. The first kappa shape index (κ1) is 16.6. The summed E-state index contributed by atoms with van der Waals surface area (Å²) >= 11 is 0. The lowest BCUT2D eigenvalue weighted by Gasteiger charge is -2.10. The molecular formula is C19H20N2O2. The third-order valence-electron chi connectivity index (χ3n) is 3.22. The van der Waals surface area contributed by atoms with Crippen molar-refractivity contribution < 1.29 is 9.53 Å². The molecule has 0 fully saturated rings. The number of nitrogens with one attached hydrogen (secondary N) is 1. The highest BCUT2D eigenvalue weighted by molar-refractivity contribution is 5.94. The molecule has 4 heteroatoms. The van der Waals surface area contributed by atoms with Crippen LogP contribution in [0.1, 0.15) is 35.3 Å². The summed E-state index contributed by atoms with van der Waals surface area (Å²) in [6, 6.07) is 16.4. The van der Waals surface area contributed by atoms with Gasteiger partial charge in [-0.3, -0.25) is 4.79 Å². The highest BCUT2D eigenvalue weighted by Gasteiger charge is 2.07. The summed E-state index contributed by atoms with van der Waals surface area (Å²) in [6.45, 7) is 5.19. The van der Waals surface area contributed by atoms with E-state index in [1.54, 1.807) is 24.3 Å². The van der Waals surface area contributed by atoms with Gasteiger partial charge in [-0.1, -0.05) is 32.0 Å². The van der Waals surface area contributed by atoms with Gasteiger partial charge in [-0.2, -0.15) is 5.26 Å². The SMILES string of the molecule is CC(C)COc1cccc(C(=O)NCc2ccc(C#N)cc2)c1. The molecule has 2 aromatic carbocycles. The van der Waals surface area contributed by atoms with Crippen LogP contribution in [-0.4, -0.2) is 12.5 Å². The van der Waals surface area contributed by atoms with E-state index >= 15 is 0 Å². The average Bonchev–Trinajstić information content (AvgIpc) is 2.58. The van der Waals surface area contributed by atoms with Gasteiger partial charge in [0.1, 0.15) is 5.75 Å². The zero-order valence-corrected chi connectivity index (χ0v) is 13.4. The number of rotatable bonds is 6. The van der Waals surface area contributed by atoms with Crippen molar-refractivity contribution >= 4 is 5.91 Å². The number of nitrogens with zero attached hydrogens (tertiary/aromatic N) is 1. The van der Waals surface area contributed by atoms with Gasteiger partial charge in [0.25, 0.3) is 5.91 Å². The molecule has 0 spiro atoms. The number of carbonyl (C=O) groups is 1. The zero-order chi connectivity index (χ0) is 16.7. The van der Waals surface area contributed by atoms with Crippen LogP contribution < -0.4 is 10.1 Å². The van der Waals surface area contributed by atoms with E-state index in [0.717, 1.165) is 5.56 Å². The molecule has 0 heterocycles. The van der Waals surface area contributed by atoms with Gasteiger partial charge in [0.05, 0.1) is 18.2 Å². The number of benzene rings is 2. The van der Waals surface area contributed by atoms with E-state index in [4.69, 9.17) is 10.00 Å². The first-order valence-electron chi connectivity index (χ1n) is 7.58. The van der Waals surface area contributed by atoms with Crippen molar-refractivity contribution in [1.29, 1.82) is 5.26 Å². The topological polar surface area (TPSA) is 62.1 Å². The number of hydrogen-bond acceptors (Lipinski definition) is 3. The molecule has 2 rings (SSSR count). The number of ether oxygens (including phenoxy) is 1. The van der Waals surface area contributed by atoms with E-state index in [0.29, 0.717) is 35.9 Å². The molecule has 0 aliphatic rings. The summed E-state index contributed by atoms with van der Waals surface area (Å²) in [5, 5.41) is 11.6. The fourth-order valence-electron chi connectivity index (χ4n) is 1.97. The Morgan fingerprint density at radius 3 is 2.61 bits per heavy atom. The Bertz CT molecular complexity index is 700. The Kier molecular flexibility index (Phi) is 5.76. The summed E-state index contributed by atoms with van der Waals surface area (Å²) in [5.74, 6) is 0.984. The second-order valence-corrected chi connectivity index (χ2v) is 5.72. The second kappa shape index (κ2) is 8.00. The van der Waals surface area contributed by atoms with Gasteiger partial charge in [-0.15, -0.1) is 0 Å². The molecule has 2 aromatic rings. The van der Waals surface area contributed by atoms with Crippen LogP contribution in [0.4, 0.5) is 0 Å². The lowest BCUT2D eigenvalue weighted by Crippen LogP contribution is -2.22. The molecule has 0 saturated carbocycles. The van der Waals surface area contributed by atoms with Crippen molar-refractivity contribution in [3.05, 3.63) is 65.2 Å². The van der Waals surface area contributed by atoms with Crippen LogP contribution in [0.2, 0.25) is 0 Å². The Balaban J connectivity index is 1.94. The molecule has 0 aliphatic heterocycles. The maximum absolute atomic E-state index is 12.2. The first-order chi connectivity index (χ1) is 11.1. The molecule has 0 bridgehead atoms. The normalized spacial score (nSPS) is 10.2. The van der Waals surface area contributed by atoms with Gasteiger partial charge in [0.15, 0.2) is 0 Å². The molecule has 0 unspecified atom stereocenters. The highest BCUT2D eigenvalue weighted by atomic mass is 16.5. The fourth-order valence-corrected chi connectivity index (χ4v) is 1.97. The van der Waals surface area contributed by atoms with Crippen molar-refractivity contribution in [2.75, 3.05) is 6.61 Å². The van der Waals surface area contributed by atoms with Gasteiger partial charge < -0.3 is 10.1 Å². The van der Waals surface area contributed by atoms with Gasteiger partial charge in [-0.25, -0.2) is 0 Å². The third kappa shape index (κ3) is 5.15. The van der Waals surface area contributed by atoms with Crippen LogP contribution in [-0.2, 0) is 6.54 Å². The lowest BCUT2D eigenvalue weighted by atomic mass is 10.1. The van der Waals surface area contributed by atoms with Gasteiger partial charge in [0.2, 0.25) is 0 Å². The Morgan fingerprint density at radius 1 is 1.22 bits per heavy atom. The van der Waals surface area contributed by atoms with E-state index in [1.165, 1.54) is 0 Å². The lowest BCUT2D eigenvalue weighted by molar-refractivity contribution is 0.0950. The van der Waals surface area contributed by atoms with E-state index < -0.39 is 0 Å². The van der Waals surface area contributed by atoms with E-state index in [1.807, 2.05) is 24.3 Å². The zero-order valence-electron chi connectivity index (χ0n) is 13.4. The fraction of sp³-hybridized carbons (Fsp3) is 0.263. The van der Waals surface area contributed by atoms with Crippen LogP contribution in [0.5, 0.6) is 5.75 Å². The predicted molar refractivity (Wildman–Crippen MR) is 89.1 cm³/mol. The minimum Gasteiger partial charge on any atom is -0.493 e. The number of hydrogen-bond donors (Lipinski definition) is 1. The van der Waals surface area contributed by atoms with Crippen molar-refractivity contribution in [3.8, 4) is 11.8 Å². The van der Waals surface area contributed by atoms with Crippen LogP contribution in [0.15, 0.2) is 48.5 Å². The summed E-state index contributed by atoms with van der Waals surface area (Å²) in [4.78, 5) is 12.2. The van der Waals surface area contributed by atoms with E-state index in [-0.39, 0.29) is 5.91 Å². The molecular weight excluding hydrogens is 288 g/mol.